The normalized spacial score (nSPS) is 12.6. The maximum atomic E-state index is 4.33. The van der Waals surface area contributed by atoms with Gasteiger partial charge in [-0.2, -0.15) is 5.10 Å². The van der Waals surface area contributed by atoms with Gasteiger partial charge in [0.25, 0.3) is 0 Å². The predicted octanol–water partition coefficient (Wildman–Crippen LogP) is 3.59. The lowest BCUT2D eigenvalue weighted by atomic mass is 10.1. The second kappa shape index (κ2) is 7.86. The van der Waals surface area contributed by atoms with E-state index in [0.29, 0.717) is 6.04 Å². The first kappa shape index (κ1) is 15.6. The Kier molecular flexibility index (Phi) is 6.13. The zero-order valence-corrected chi connectivity index (χ0v) is 14.2. The Morgan fingerprint density at radius 2 is 2.20 bits per heavy atom. The van der Waals surface area contributed by atoms with Gasteiger partial charge >= 0.3 is 0 Å². The third-order valence-corrected chi connectivity index (χ3v) is 5.37. The molecule has 0 radical (unpaired) electrons. The molecule has 5 heteroatoms. The number of benzene rings is 1. The van der Waals surface area contributed by atoms with Crippen molar-refractivity contribution in [1.29, 1.82) is 0 Å². The molecule has 0 aliphatic rings. The highest BCUT2D eigenvalue weighted by Gasteiger charge is 2.10. The van der Waals surface area contributed by atoms with Crippen LogP contribution in [0.5, 0.6) is 0 Å². The molecule has 3 nitrogen and oxygen atoms in total. The topological polar surface area (TPSA) is 29.9 Å². The van der Waals surface area contributed by atoms with E-state index in [2.05, 4.69) is 57.7 Å². The van der Waals surface area contributed by atoms with Gasteiger partial charge < -0.3 is 5.32 Å². The highest BCUT2D eigenvalue weighted by atomic mass is 79.9. The smallest absolute Gasteiger partial charge is 0.0522 e. The number of hydrogen-bond acceptors (Lipinski definition) is 3. The summed E-state index contributed by atoms with van der Waals surface area (Å²) in [6.07, 6.45) is 5.11. The third kappa shape index (κ3) is 4.36. The van der Waals surface area contributed by atoms with Crippen LogP contribution in [0, 0.1) is 0 Å². The van der Waals surface area contributed by atoms with Crippen molar-refractivity contribution in [2.75, 3.05) is 12.8 Å². The van der Waals surface area contributed by atoms with Gasteiger partial charge in [0.05, 0.1) is 6.20 Å². The van der Waals surface area contributed by atoms with Gasteiger partial charge in [-0.15, -0.1) is 11.8 Å². The van der Waals surface area contributed by atoms with Gasteiger partial charge in [-0.1, -0.05) is 12.1 Å². The van der Waals surface area contributed by atoms with Crippen LogP contribution in [0.25, 0.3) is 0 Å². The van der Waals surface area contributed by atoms with Crippen LogP contribution < -0.4 is 5.32 Å². The fraction of sp³-hybridized carbons (Fsp3) is 0.400. The minimum atomic E-state index is 0.446. The molecule has 0 saturated heterocycles. The molecule has 1 aromatic carbocycles. The summed E-state index contributed by atoms with van der Waals surface area (Å²) in [6, 6.07) is 8.80. The van der Waals surface area contributed by atoms with Crippen molar-refractivity contribution in [2.24, 2.45) is 0 Å². The number of thioether (sulfide) groups is 1. The van der Waals surface area contributed by atoms with E-state index in [9.17, 15) is 0 Å². The van der Waals surface area contributed by atoms with Crippen molar-refractivity contribution in [1.82, 2.24) is 15.1 Å². The standard InChI is InChI=1S/C15H20BrN3S/c1-3-19-10-12(9-18-19)8-13(17-2)11-20-15-7-5-4-6-14(15)16/h4-7,9-10,13,17H,3,8,11H2,1-2H3. The van der Waals surface area contributed by atoms with Crippen LogP contribution in [0.1, 0.15) is 12.5 Å². The summed E-state index contributed by atoms with van der Waals surface area (Å²) in [5.41, 5.74) is 1.29. The largest absolute Gasteiger partial charge is 0.316 e. The molecule has 20 heavy (non-hydrogen) atoms. The second-order valence-electron chi connectivity index (χ2n) is 4.64. The molecule has 2 aromatic rings. The zero-order valence-electron chi connectivity index (χ0n) is 11.8. The van der Waals surface area contributed by atoms with Gasteiger partial charge in [0.1, 0.15) is 0 Å². The number of nitrogens with one attached hydrogen (secondary N) is 1. The number of halogens is 1. The summed E-state index contributed by atoms with van der Waals surface area (Å²) >= 11 is 5.47. The van der Waals surface area contributed by atoms with E-state index >= 15 is 0 Å². The van der Waals surface area contributed by atoms with Gasteiger partial charge in [0, 0.05) is 33.9 Å². The molecule has 0 amide bonds. The van der Waals surface area contributed by atoms with E-state index in [1.165, 1.54) is 14.9 Å². The quantitative estimate of drug-likeness (QED) is 0.771. The Hall–Kier alpha value is -0.780. The van der Waals surface area contributed by atoms with Gasteiger partial charge in [-0.05, 0) is 54.0 Å². The molecule has 2 rings (SSSR count). The highest BCUT2D eigenvalue weighted by molar-refractivity contribution is 9.10. The maximum Gasteiger partial charge on any atom is 0.0522 e. The number of aromatic nitrogens is 2. The van der Waals surface area contributed by atoms with E-state index in [-0.39, 0.29) is 0 Å². The van der Waals surface area contributed by atoms with E-state index in [1.807, 2.05) is 35.8 Å². The summed E-state index contributed by atoms with van der Waals surface area (Å²) in [4.78, 5) is 1.29. The Balaban J connectivity index is 1.91. The summed E-state index contributed by atoms with van der Waals surface area (Å²) in [5.74, 6) is 1.04. The summed E-state index contributed by atoms with van der Waals surface area (Å²) < 4.78 is 3.14. The summed E-state index contributed by atoms with van der Waals surface area (Å²) in [6.45, 7) is 3.03. The van der Waals surface area contributed by atoms with Crippen molar-refractivity contribution >= 4 is 27.7 Å². The van der Waals surface area contributed by atoms with E-state index < -0.39 is 0 Å². The van der Waals surface area contributed by atoms with E-state index in [1.54, 1.807) is 0 Å². The lowest BCUT2D eigenvalue weighted by Crippen LogP contribution is -2.29. The average molecular weight is 354 g/mol. The first-order valence-corrected chi connectivity index (χ1v) is 8.56. The lowest BCUT2D eigenvalue weighted by molar-refractivity contribution is 0.615. The monoisotopic (exact) mass is 353 g/mol. The highest BCUT2D eigenvalue weighted by Crippen LogP contribution is 2.27. The fourth-order valence-corrected chi connectivity index (χ4v) is 3.64. The molecule has 0 fully saturated rings. The number of hydrogen-bond donors (Lipinski definition) is 1. The molecule has 0 saturated carbocycles. The Bertz CT molecular complexity index is 541. The van der Waals surface area contributed by atoms with Crippen LogP contribution in [-0.2, 0) is 13.0 Å². The minimum Gasteiger partial charge on any atom is -0.316 e. The molecular weight excluding hydrogens is 334 g/mol. The predicted molar refractivity (Wildman–Crippen MR) is 89.3 cm³/mol. The number of rotatable bonds is 7. The van der Waals surface area contributed by atoms with Gasteiger partial charge in [-0.3, -0.25) is 4.68 Å². The maximum absolute atomic E-state index is 4.33. The van der Waals surface area contributed by atoms with Crippen LogP contribution in [0.15, 0.2) is 46.0 Å². The van der Waals surface area contributed by atoms with Crippen molar-refractivity contribution in [3.8, 4) is 0 Å². The number of aryl methyl sites for hydroxylation is 1. The number of likely N-dealkylation sites (N-methyl/N-ethyl adjacent to an activating group) is 1. The van der Waals surface area contributed by atoms with Crippen molar-refractivity contribution in [2.45, 2.75) is 30.8 Å². The molecule has 0 spiro atoms. The van der Waals surface area contributed by atoms with Gasteiger partial charge in [0.2, 0.25) is 0 Å². The summed E-state index contributed by atoms with van der Waals surface area (Å²) in [7, 11) is 2.02. The molecular formula is C15H20BrN3S. The van der Waals surface area contributed by atoms with E-state index in [0.717, 1.165) is 18.7 Å². The van der Waals surface area contributed by atoms with Crippen molar-refractivity contribution in [3.63, 3.8) is 0 Å². The molecule has 1 N–H and O–H groups in total. The average Bonchev–Trinajstić information content (AvgIpc) is 2.92. The van der Waals surface area contributed by atoms with Crippen LogP contribution in [0.4, 0.5) is 0 Å². The van der Waals surface area contributed by atoms with Crippen molar-refractivity contribution in [3.05, 3.63) is 46.7 Å². The Morgan fingerprint density at radius 3 is 2.85 bits per heavy atom. The molecule has 108 valence electrons. The molecule has 1 aromatic heterocycles. The molecule has 0 aliphatic heterocycles. The first-order chi connectivity index (χ1) is 9.72. The summed E-state index contributed by atoms with van der Waals surface area (Å²) in [5, 5.41) is 7.72. The molecule has 0 bridgehead atoms. The lowest BCUT2D eigenvalue weighted by Gasteiger charge is -2.15. The van der Waals surface area contributed by atoms with Crippen LogP contribution in [0.2, 0.25) is 0 Å². The third-order valence-electron chi connectivity index (χ3n) is 3.18. The first-order valence-electron chi connectivity index (χ1n) is 6.78. The van der Waals surface area contributed by atoms with Crippen LogP contribution in [0.3, 0.4) is 0 Å². The molecule has 1 atom stereocenters. The van der Waals surface area contributed by atoms with E-state index in [4.69, 9.17) is 0 Å². The molecule has 1 heterocycles. The number of nitrogens with zero attached hydrogens (tertiary/aromatic N) is 2. The SMILES string of the molecule is CCn1cc(CC(CSc2ccccc2Br)NC)cn1. The molecule has 0 aliphatic carbocycles. The van der Waals surface area contributed by atoms with Crippen LogP contribution in [-0.4, -0.2) is 28.6 Å². The van der Waals surface area contributed by atoms with Crippen molar-refractivity contribution < 1.29 is 0 Å². The Labute approximate surface area is 133 Å². The van der Waals surface area contributed by atoms with Crippen LogP contribution >= 0.6 is 27.7 Å². The van der Waals surface area contributed by atoms with Gasteiger partial charge in [-0.25, -0.2) is 0 Å². The second-order valence-corrected chi connectivity index (χ2v) is 6.55. The Morgan fingerprint density at radius 1 is 1.40 bits per heavy atom. The minimum absolute atomic E-state index is 0.446. The zero-order chi connectivity index (χ0) is 14.4. The molecule has 1 unspecified atom stereocenters. The fourth-order valence-electron chi connectivity index (χ4n) is 1.97. The van der Waals surface area contributed by atoms with Gasteiger partial charge in [0.15, 0.2) is 0 Å².